The molecule has 0 saturated carbocycles. The van der Waals surface area contributed by atoms with E-state index in [2.05, 4.69) is 6.92 Å². The second-order valence-electron chi connectivity index (χ2n) is 6.89. The lowest BCUT2D eigenvalue weighted by molar-refractivity contribution is -0.145. The lowest BCUT2D eigenvalue weighted by atomic mass is 10.1. The third kappa shape index (κ3) is 22.0. The third-order valence-corrected chi connectivity index (χ3v) is 4.50. The molecular weight excluding hydrogens is 411 g/mol. The smallest absolute Gasteiger partial charge is 0.305 e. The molecule has 0 saturated heterocycles. The van der Waals surface area contributed by atoms with E-state index in [4.69, 9.17) is 44.3 Å². The van der Waals surface area contributed by atoms with Gasteiger partial charge in [-0.25, -0.2) is 0 Å². The van der Waals surface area contributed by atoms with Crippen molar-refractivity contribution in [1.82, 2.24) is 0 Å². The molecule has 0 aromatic heterocycles. The molecule has 0 N–H and O–H groups in total. The van der Waals surface area contributed by atoms with E-state index in [0.29, 0.717) is 13.0 Å². The Labute approximate surface area is 179 Å². The van der Waals surface area contributed by atoms with Gasteiger partial charge in [0.2, 0.25) is 3.79 Å². The third-order valence-electron chi connectivity index (χ3n) is 4.17. The van der Waals surface area contributed by atoms with E-state index in [0.717, 1.165) is 12.8 Å². The Kier molecular flexibility index (Phi) is 17.8. The molecule has 0 amide bonds. The second kappa shape index (κ2) is 17.9. The van der Waals surface area contributed by atoms with Gasteiger partial charge in [0.25, 0.3) is 0 Å². The molecular formula is C20H35Cl3O4. The van der Waals surface area contributed by atoms with Crippen molar-refractivity contribution in [1.29, 1.82) is 0 Å². The molecule has 0 radical (unpaired) electrons. The highest BCUT2D eigenvalue weighted by atomic mass is 35.6. The van der Waals surface area contributed by atoms with Gasteiger partial charge in [-0.05, 0) is 12.8 Å². The van der Waals surface area contributed by atoms with E-state index in [9.17, 15) is 9.59 Å². The van der Waals surface area contributed by atoms with Crippen molar-refractivity contribution in [2.75, 3.05) is 13.2 Å². The highest BCUT2D eigenvalue weighted by Gasteiger charge is 2.22. The summed E-state index contributed by atoms with van der Waals surface area (Å²) in [6, 6.07) is 0. The van der Waals surface area contributed by atoms with Crippen molar-refractivity contribution < 1.29 is 19.1 Å². The van der Waals surface area contributed by atoms with Crippen LogP contribution >= 0.6 is 34.8 Å². The van der Waals surface area contributed by atoms with Gasteiger partial charge in [-0.2, -0.15) is 0 Å². The fourth-order valence-corrected chi connectivity index (χ4v) is 2.80. The molecule has 0 unspecified atom stereocenters. The minimum absolute atomic E-state index is 0.105. The molecule has 0 bridgehead atoms. The Morgan fingerprint density at radius 1 is 0.667 bits per heavy atom. The standard InChI is InChI=1S/C20H35Cl3O4/c1-2-3-4-5-6-7-8-9-10-11-12-16-26-18(24)14-13-15-19(25)27-17-20(21,22)23/h2-17H2,1H3. The fraction of sp³-hybridized carbons (Fsp3) is 0.900. The summed E-state index contributed by atoms with van der Waals surface area (Å²) < 4.78 is 8.34. The summed E-state index contributed by atoms with van der Waals surface area (Å²) >= 11 is 16.4. The normalized spacial score (nSPS) is 11.4. The fourth-order valence-electron chi connectivity index (χ4n) is 2.64. The van der Waals surface area contributed by atoms with Crippen LogP contribution in [0.2, 0.25) is 0 Å². The summed E-state index contributed by atoms with van der Waals surface area (Å²) in [4.78, 5) is 23.0. The van der Waals surface area contributed by atoms with Gasteiger partial charge in [-0.15, -0.1) is 0 Å². The average Bonchev–Trinajstić information content (AvgIpc) is 2.60. The van der Waals surface area contributed by atoms with Crippen molar-refractivity contribution in [2.45, 2.75) is 101 Å². The Balaban J connectivity index is 3.34. The Bertz CT molecular complexity index is 384. The summed E-state index contributed by atoms with van der Waals surface area (Å²) in [6.07, 6.45) is 14.5. The molecule has 0 aliphatic heterocycles. The van der Waals surface area contributed by atoms with Crippen LogP contribution in [0.25, 0.3) is 0 Å². The second-order valence-corrected chi connectivity index (χ2v) is 9.40. The molecule has 4 nitrogen and oxygen atoms in total. The first-order valence-electron chi connectivity index (χ1n) is 10.2. The molecule has 27 heavy (non-hydrogen) atoms. The van der Waals surface area contributed by atoms with Crippen LogP contribution in [0.1, 0.15) is 96.8 Å². The number of carbonyl (C=O) groups excluding carboxylic acids is 2. The van der Waals surface area contributed by atoms with Crippen LogP contribution in [0.15, 0.2) is 0 Å². The van der Waals surface area contributed by atoms with Gasteiger partial charge >= 0.3 is 11.9 Å². The summed E-state index contributed by atoms with van der Waals surface area (Å²) in [5.41, 5.74) is 0. The molecule has 160 valence electrons. The molecule has 0 aliphatic rings. The van der Waals surface area contributed by atoms with E-state index in [1.54, 1.807) is 0 Å². The number of esters is 2. The first kappa shape index (κ1) is 26.8. The predicted molar refractivity (Wildman–Crippen MR) is 113 cm³/mol. The van der Waals surface area contributed by atoms with E-state index in [-0.39, 0.29) is 25.4 Å². The quantitative estimate of drug-likeness (QED) is 0.138. The number of unbranched alkanes of at least 4 members (excludes halogenated alkanes) is 10. The van der Waals surface area contributed by atoms with Crippen molar-refractivity contribution in [3.8, 4) is 0 Å². The van der Waals surface area contributed by atoms with Crippen LogP contribution in [0, 0.1) is 0 Å². The van der Waals surface area contributed by atoms with Crippen molar-refractivity contribution >= 4 is 46.7 Å². The molecule has 0 aromatic carbocycles. The summed E-state index contributed by atoms with van der Waals surface area (Å²) in [7, 11) is 0. The number of hydrogen-bond acceptors (Lipinski definition) is 4. The van der Waals surface area contributed by atoms with Gasteiger partial charge in [0.15, 0.2) is 0 Å². The number of alkyl halides is 3. The van der Waals surface area contributed by atoms with Gasteiger partial charge in [-0.1, -0.05) is 106 Å². The predicted octanol–water partition coefficient (Wildman–Crippen LogP) is 6.92. The zero-order valence-electron chi connectivity index (χ0n) is 16.6. The van der Waals surface area contributed by atoms with Crippen molar-refractivity contribution in [2.24, 2.45) is 0 Å². The summed E-state index contributed by atoms with van der Waals surface area (Å²) in [6.45, 7) is 2.40. The van der Waals surface area contributed by atoms with E-state index >= 15 is 0 Å². The SMILES string of the molecule is CCCCCCCCCCCCCOC(=O)CCCC(=O)OCC(Cl)(Cl)Cl. The van der Waals surface area contributed by atoms with Crippen LogP contribution < -0.4 is 0 Å². The first-order valence-corrected chi connectivity index (χ1v) is 11.4. The molecule has 0 heterocycles. The van der Waals surface area contributed by atoms with Gasteiger partial charge in [0.05, 0.1) is 6.61 Å². The van der Waals surface area contributed by atoms with Crippen molar-refractivity contribution in [3.05, 3.63) is 0 Å². The maximum absolute atomic E-state index is 11.6. The minimum atomic E-state index is -1.61. The zero-order valence-corrected chi connectivity index (χ0v) is 18.8. The Morgan fingerprint density at radius 3 is 1.59 bits per heavy atom. The van der Waals surface area contributed by atoms with Gasteiger partial charge in [-0.3, -0.25) is 9.59 Å². The van der Waals surface area contributed by atoms with Crippen LogP contribution in [0.5, 0.6) is 0 Å². The van der Waals surface area contributed by atoms with Crippen LogP contribution in [-0.2, 0) is 19.1 Å². The molecule has 0 atom stereocenters. The number of carbonyl (C=O) groups is 2. The maximum atomic E-state index is 11.6. The van der Waals surface area contributed by atoms with Crippen LogP contribution in [0.3, 0.4) is 0 Å². The molecule has 0 rings (SSSR count). The number of ether oxygens (including phenoxy) is 2. The highest BCUT2D eigenvalue weighted by Crippen LogP contribution is 2.26. The zero-order chi connectivity index (χ0) is 20.4. The molecule has 0 fully saturated rings. The average molecular weight is 446 g/mol. The van der Waals surface area contributed by atoms with Crippen molar-refractivity contribution in [3.63, 3.8) is 0 Å². The van der Waals surface area contributed by atoms with E-state index in [1.165, 1.54) is 57.8 Å². The molecule has 0 spiro atoms. The minimum Gasteiger partial charge on any atom is -0.466 e. The molecule has 0 aliphatic carbocycles. The highest BCUT2D eigenvalue weighted by molar-refractivity contribution is 6.67. The largest absolute Gasteiger partial charge is 0.466 e. The lowest BCUT2D eigenvalue weighted by Crippen LogP contribution is -2.17. The molecule has 0 aromatic rings. The van der Waals surface area contributed by atoms with Crippen LogP contribution in [-0.4, -0.2) is 28.9 Å². The van der Waals surface area contributed by atoms with Crippen LogP contribution in [0.4, 0.5) is 0 Å². The maximum Gasteiger partial charge on any atom is 0.305 e. The monoisotopic (exact) mass is 444 g/mol. The number of halogens is 3. The van der Waals surface area contributed by atoms with E-state index in [1.807, 2.05) is 0 Å². The topological polar surface area (TPSA) is 52.6 Å². The molecule has 7 heteroatoms. The van der Waals surface area contributed by atoms with Gasteiger partial charge < -0.3 is 9.47 Å². The summed E-state index contributed by atoms with van der Waals surface area (Å²) in [5, 5.41) is 0. The summed E-state index contributed by atoms with van der Waals surface area (Å²) in [5.74, 6) is -0.768. The Morgan fingerprint density at radius 2 is 1.11 bits per heavy atom. The van der Waals surface area contributed by atoms with Gasteiger partial charge in [0, 0.05) is 12.8 Å². The Hall–Kier alpha value is -0.190. The lowest BCUT2D eigenvalue weighted by Gasteiger charge is -2.11. The van der Waals surface area contributed by atoms with Gasteiger partial charge in [0.1, 0.15) is 6.61 Å². The first-order chi connectivity index (χ1) is 12.8. The number of hydrogen-bond donors (Lipinski definition) is 0. The number of rotatable bonds is 17. The van der Waals surface area contributed by atoms with E-state index < -0.39 is 9.76 Å².